The van der Waals surface area contributed by atoms with E-state index in [1.165, 1.54) is 12.5 Å². The summed E-state index contributed by atoms with van der Waals surface area (Å²) in [6, 6.07) is 12.9. The summed E-state index contributed by atoms with van der Waals surface area (Å²) in [5.41, 5.74) is 1.85. The smallest absolute Gasteiger partial charge is 0.271 e. The van der Waals surface area contributed by atoms with Crippen molar-refractivity contribution in [3.05, 3.63) is 81.0 Å². The van der Waals surface area contributed by atoms with Crippen LogP contribution in [-0.2, 0) is 6.54 Å². The Morgan fingerprint density at radius 1 is 1.27 bits per heavy atom. The summed E-state index contributed by atoms with van der Waals surface area (Å²) < 4.78 is 6.36. The maximum absolute atomic E-state index is 12.5. The Morgan fingerprint density at radius 2 is 2.04 bits per heavy atom. The quantitative estimate of drug-likeness (QED) is 0.732. The molecule has 130 valence electrons. The molecule has 0 bridgehead atoms. The van der Waals surface area contributed by atoms with Crippen molar-refractivity contribution in [3.63, 3.8) is 0 Å². The van der Waals surface area contributed by atoms with Gasteiger partial charge in [0.1, 0.15) is 17.4 Å². The summed E-state index contributed by atoms with van der Waals surface area (Å²) in [7, 11) is 0. The Hall–Kier alpha value is -3.59. The maximum atomic E-state index is 12.5. The van der Waals surface area contributed by atoms with Crippen molar-refractivity contribution in [3.8, 4) is 11.9 Å². The number of rotatable bonds is 4. The zero-order chi connectivity index (χ0) is 18.7. The van der Waals surface area contributed by atoms with E-state index < -0.39 is 5.56 Å². The number of pyridine rings is 1. The van der Waals surface area contributed by atoms with Gasteiger partial charge in [-0.15, -0.1) is 0 Å². The summed E-state index contributed by atoms with van der Waals surface area (Å²) in [5.74, 6) is 0.247. The standard InChI is InChI=1S/C20H17N3O3/c1-13-6-3-4-8-18(13)22-11-17-14(2)16(10-21)19(24)23(20(17)25)12-15-7-5-9-26-15/h3-9,11,25H,12H2,1-2H3. The van der Waals surface area contributed by atoms with Crippen molar-refractivity contribution in [1.82, 2.24) is 4.57 Å². The van der Waals surface area contributed by atoms with E-state index in [2.05, 4.69) is 4.99 Å². The average Bonchev–Trinajstić information content (AvgIpc) is 3.14. The van der Waals surface area contributed by atoms with Gasteiger partial charge in [0, 0.05) is 6.21 Å². The second-order valence-electron chi connectivity index (χ2n) is 5.86. The van der Waals surface area contributed by atoms with Crippen LogP contribution >= 0.6 is 0 Å². The molecule has 2 aromatic heterocycles. The Balaban J connectivity index is 2.14. The third kappa shape index (κ3) is 3.15. The fourth-order valence-electron chi connectivity index (χ4n) is 2.67. The normalized spacial score (nSPS) is 11.0. The molecule has 0 atom stereocenters. The van der Waals surface area contributed by atoms with Crippen LogP contribution in [-0.4, -0.2) is 15.9 Å². The highest BCUT2D eigenvalue weighted by molar-refractivity contribution is 5.87. The zero-order valence-corrected chi connectivity index (χ0v) is 14.4. The fraction of sp³-hybridized carbons (Fsp3) is 0.150. The number of benzene rings is 1. The molecule has 0 aliphatic heterocycles. The highest BCUT2D eigenvalue weighted by atomic mass is 16.3. The molecule has 3 rings (SSSR count). The van der Waals surface area contributed by atoms with Crippen LogP contribution in [0.2, 0.25) is 0 Å². The number of hydrogen-bond donors (Lipinski definition) is 1. The number of para-hydroxylation sites is 1. The van der Waals surface area contributed by atoms with Crippen molar-refractivity contribution in [1.29, 1.82) is 5.26 Å². The molecule has 0 amide bonds. The zero-order valence-electron chi connectivity index (χ0n) is 14.4. The largest absolute Gasteiger partial charge is 0.494 e. The minimum absolute atomic E-state index is 0.0256. The molecule has 0 fully saturated rings. The van der Waals surface area contributed by atoms with Crippen LogP contribution in [0.25, 0.3) is 0 Å². The lowest BCUT2D eigenvalue weighted by Crippen LogP contribution is -2.25. The molecular formula is C20H17N3O3. The molecule has 6 heteroatoms. The molecule has 1 N–H and O–H groups in total. The summed E-state index contributed by atoms with van der Waals surface area (Å²) in [6.45, 7) is 3.58. The molecule has 6 nitrogen and oxygen atoms in total. The van der Waals surface area contributed by atoms with E-state index in [1.54, 1.807) is 19.1 Å². The van der Waals surface area contributed by atoms with Crippen LogP contribution in [0.3, 0.4) is 0 Å². The second-order valence-corrected chi connectivity index (χ2v) is 5.86. The van der Waals surface area contributed by atoms with E-state index in [0.717, 1.165) is 15.8 Å². The highest BCUT2D eigenvalue weighted by Crippen LogP contribution is 2.23. The van der Waals surface area contributed by atoms with Crippen LogP contribution < -0.4 is 5.56 Å². The van der Waals surface area contributed by atoms with E-state index in [9.17, 15) is 15.2 Å². The molecule has 0 saturated carbocycles. The van der Waals surface area contributed by atoms with Crippen LogP contribution in [0.5, 0.6) is 5.88 Å². The maximum Gasteiger partial charge on any atom is 0.271 e. The first-order valence-corrected chi connectivity index (χ1v) is 8.01. The number of nitrogens with zero attached hydrogens (tertiary/aromatic N) is 3. The predicted molar refractivity (Wildman–Crippen MR) is 98.1 cm³/mol. The first kappa shape index (κ1) is 17.2. The minimum Gasteiger partial charge on any atom is -0.494 e. The molecule has 2 heterocycles. The van der Waals surface area contributed by atoms with Gasteiger partial charge in [0.05, 0.1) is 24.1 Å². The number of aromatic hydroxyl groups is 1. The summed E-state index contributed by atoms with van der Waals surface area (Å²) in [5, 5.41) is 20.0. The molecule has 0 aliphatic rings. The van der Waals surface area contributed by atoms with Gasteiger partial charge in [-0.3, -0.25) is 14.4 Å². The van der Waals surface area contributed by atoms with Gasteiger partial charge in [-0.05, 0) is 43.2 Å². The summed E-state index contributed by atoms with van der Waals surface area (Å²) in [4.78, 5) is 17.0. The Labute approximate surface area is 150 Å². The van der Waals surface area contributed by atoms with Gasteiger partial charge in [-0.1, -0.05) is 18.2 Å². The third-order valence-corrected chi connectivity index (χ3v) is 4.19. The number of aromatic nitrogens is 1. The van der Waals surface area contributed by atoms with Crippen LogP contribution in [0.15, 0.2) is 56.9 Å². The Morgan fingerprint density at radius 3 is 2.69 bits per heavy atom. The third-order valence-electron chi connectivity index (χ3n) is 4.19. The summed E-state index contributed by atoms with van der Waals surface area (Å²) >= 11 is 0. The lowest BCUT2D eigenvalue weighted by molar-refractivity contribution is 0.397. The number of furan rings is 1. The van der Waals surface area contributed by atoms with Crippen molar-refractivity contribution in [2.24, 2.45) is 4.99 Å². The Bertz CT molecular complexity index is 1070. The van der Waals surface area contributed by atoms with Crippen molar-refractivity contribution >= 4 is 11.9 Å². The SMILES string of the molecule is Cc1ccccc1N=Cc1c(C)c(C#N)c(=O)n(Cc2ccco2)c1O. The van der Waals surface area contributed by atoms with Crippen molar-refractivity contribution in [2.45, 2.75) is 20.4 Å². The van der Waals surface area contributed by atoms with Crippen LogP contribution in [0, 0.1) is 25.2 Å². The average molecular weight is 347 g/mol. The minimum atomic E-state index is -0.563. The van der Waals surface area contributed by atoms with E-state index in [-0.39, 0.29) is 18.0 Å². The van der Waals surface area contributed by atoms with Crippen LogP contribution in [0.4, 0.5) is 5.69 Å². The van der Waals surface area contributed by atoms with Gasteiger partial charge in [0.25, 0.3) is 5.56 Å². The lowest BCUT2D eigenvalue weighted by Gasteiger charge is -2.13. The van der Waals surface area contributed by atoms with E-state index in [4.69, 9.17) is 4.42 Å². The monoisotopic (exact) mass is 347 g/mol. The van der Waals surface area contributed by atoms with E-state index in [0.29, 0.717) is 16.9 Å². The fourth-order valence-corrected chi connectivity index (χ4v) is 2.67. The van der Waals surface area contributed by atoms with Crippen LogP contribution in [0.1, 0.15) is 28.0 Å². The van der Waals surface area contributed by atoms with Crippen molar-refractivity contribution in [2.75, 3.05) is 0 Å². The van der Waals surface area contributed by atoms with Gasteiger partial charge < -0.3 is 9.52 Å². The van der Waals surface area contributed by atoms with E-state index >= 15 is 0 Å². The highest BCUT2D eigenvalue weighted by Gasteiger charge is 2.18. The van der Waals surface area contributed by atoms with Crippen molar-refractivity contribution < 1.29 is 9.52 Å². The van der Waals surface area contributed by atoms with E-state index in [1.807, 2.05) is 37.3 Å². The number of aryl methyl sites for hydroxylation is 1. The van der Waals surface area contributed by atoms with Gasteiger partial charge in [0.2, 0.25) is 5.88 Å². The molecule has 3 aromatic rings. The molecule has 1 aromatic carbocycles. The second kappa shape index (κ2) is 7.11. The van der Waals surface area contributed by atoms with Gasteiger partial charge in [-0.2, -0.15) is 5.26 Å². The predicted octanol–water partition coefficient (Wildman–Crippen LogP) is 3.43. The molecule has 0 unspecified atom stereocenters. The number of nitriles is 1. The molecule has 0 spiro atoms. The van der Waals surface area contributed by atoms with Gasteiger partial charge in [-0.25, -0.2) is 0 Å². The Kier molecular flexibility index (Phi) is 4.72. The number of hydrogen-bond acceptors (Lipinski definition) is 5. The first-order chi connectivity index (χ1) is 12.5. The molecule has 0 saturated heterocycles. The molecule has 0 radical (unpaired) electrons. The summed E-state index contributed by atoms with van der Waals surface area (Å²) in [6.07, 6.45) is 2.96. The molecule has 26 heavy (non-hydrogen) atoms. The number of aliphatic imine (C=N–C) groups is 1. The first-order valence-electron chi connectivity index (χ1n) is 8.01. The van der Waals surface area contributed by atoms with Gasteiger partial charge in [0.15, 0.2) is 0 Å². The topological polar surface area (TPSA) is 91.5 Å². The lowest BCUT2D eigenvalue weighted by atomic mass is 10.1. The molecule has 0 aliphatic carbocycles. The molecular weight excluding hydrogens is 330 g/mol. The van der Waals surface area contributed by atoms with Gasteiger partial charge >= 0.3 is 0 Å².